The van der Waals surface area contributed by atoms with Crippen LogP contribution in [0.25, 0.3) is 21.9 Å². The van der Waals surface area contributed by atoms with E-state index < -0.39 is 0 Å². The Kier molecular flexibility index (Phi) is 4.88. The fraction of sp³-hybridized carbons (Fsp3) is 0.226. The van der Waals surface area contributed by atoms with Gasteiger partial charge in [-0.1, -0.05) is 82.3 Å². The molecule has 6 rings (SSSR count). The van der Waals surface area contributed by atoms with E-state index in [1.807, 2.05) is 12.1 Å². The second kappa shape index (κ2) is 7.95. The first-order chi connectivity index (χ1) is 16.5. The number of benzene rings is 4. The van der Waals surface area contributed by atoms with Gasteiger partial charge in [0.25, 0.3) is 0 Å². The summed E-state index contributed by atoms with van der Waals surface area (Å²) in [5, 5.41) is 6.15. The summed E-state index contributed by atoms with van der Waals surface area (Å²) in [5.74, 6) is 0.838. The lowest BCUT2D eigenvalue weighted by molar-refractivity contribution is 0.668. The molecule has 1 aromatic heterocycles. The zero-order valence-electron chi connectivity index (χ0n) is 20.2. The Balaban J connectivity index is 1.59. The summed E-state index contributed by atoms with van der Waals surface area (Å²) >= 11 is 0. The summed E-state index contributed by atoms with van der Waals surface area (Å²) in [6.07, 6.45) is -0.00661. The lowest BCUT2D eigenvalue weighted by atomic mass is 9.91. The molecular formula is C31H30N2O. The van der Waals surface area contributed by atoms with Gasteiger partial charge >= 0.3 is 0 Å². The van der Waals surface area contributed by atoms with Crippen LogP contribution in [0.2, 0.25) is 0 Å². The van der Waals surface area contributed by atoms with Gasteiger partial charge in [0.05, 0.1) is 17.1 Å². The first-order valence-corrected chi connectivity index (χ1v) is 12.2. The highest BCUT2D eigenvalue weighted by Crippen LogP contribution is 2.50. The molecule has 1 aliphatic heterocycles. The molecule has 0 saturated carbocycles. The molecule has 34 heavy (non-hydrogen) atoms. The average molecular weight is 447 g/mol. The van der Waals surface area contributed by atoms with E-state index in [-0.39, 0.29) is 6.17 Å². The first kappa shape index (κ1) is 20.9. The number of furan rings is 1. The highest BCUT2D eigenvalue weighted by molar-refractivity contribution is 6.05. The minimum Gasteiger partial charge on any atom is -0.456 e. The van der Waals surface area contributed by atoms with Crippen molar-refractivity contribution in [1.29, 1.82) is 0 Å². The van der Waals surface area contributed by atoms with Gasteiger partial charge in [0, 0.05) is 10.8 Å². The summed E-state index contributed by atoms with van der Waals surface area (Å²) in [5.41, 5.74) is 9.56. The van der Waals surface area contributed by atoms with Crippen LogP contribution >= 0.6 is 0 Å². The molecule has 1 aliphatic rings. The van der Waals surface area contributed by atoms with Crippen molar-refractivity contribution < 1.29 is 4.42 Å². The number of hydrogen-bond donors (Lipinski definition) is 1. The number of rotatable bonds is 4. The highest BCUT2D eigenvalue weighted by Gasteiger charge is 2.34. The standard InChI is InChI=1S/C31H30N2O/c1-19(2)22-11-9-12-23(20(3)4)30(22)33-27-14-7-6-13-26(27)32-31(33)21-16-17-29-25(18-21)24-10-5-8-15-28(24)34-29/h5-20,31-32H,1-4H3. The van der Waals surface area contributed by atoms with Crippen molar-refractivity contribution in [3.63, 3.8) is 0 Å². The Morgan fingerprint density at radius 3 is 2.15 bits per heavy atom. The van der Waals surface area contributed by atoms with E-state index in [0.29, 0.717) is 11.8 Å². The normalized spacial score (nSPS) is 15.5. The van der Waals surface area contributed by atoms with Crippen molar-refractivity contribution in [3.05, 3.63) is 102 Å². The van der Waals surface area contributed by atoms with Crippen LogP contribution in [0, 0.1) is 0 Å². The molecule has 1 unspecified atom stereocenters. The maximum absolute atomic E-state index is 6.11. The van der Waals surface area contributed by atoms with Crippen LogP contribution in [0.1, 0.15) is 62.4 Å². The molecular weight excluding hydrogens is 416 g/mol. The van der Waals surface area contributed by atoms with Crippen LogP contribution < -0.4 is 10.2 Å². The SMILES string of the molecule is CC(C)c1cccc(C(C)C)c1N1c2ccccc2NC1c1ccc2oc3ccccc3c2c1. The molecule has 0 fully saturated rings. The molecule has 3 heteroatoms. The highest BCUT2D eigenvalue weighted by atomic mass is 16.3. The maximum atomic E-state index is 6.11. The lowest BCUT2D eigenvalue weighted by Crippen LogP contribution is -2.26. The van der Waals surface area contributed by atoms with Crippen molar-refractivity contribution in [2.45, 2.75) is 45.7 Å². The van der Waals surface area contributed by atoms with Crippen LogP contribution in [0.15, 0.2) is 89.3 Å². The van der Waals surface area contributed by atoms with Gasteiger partial charge in [-0.25, -0.2) is 0 Å². The Hall–Kier alpha value is -3.72. The predicted octanol–water partition coefficient (Wildman–Crippen LogP) is 9.10. The average Bonchev–Trinajstić information content (AvgIpc) is 3.41. The monoisotopic (exact) mass is 446 g/mol. The third kappa shape index (κ3) is 3.19. The van der Waals surface area contributed by atoms with Crippen LogP contribution in [0.5, 0.6) is 0 Å². The second-order valence-electron chi connectivity index (χ2n) is 9.88. The van der Waals surface area contributed by atoms with E-state index >= 15 is 0 Å². The third-order valence-corrected chi connectivity index (χ3v) is 7.01. The Morgan fingerprint density at radius 2 is 1.38 bits per heavy atom. The van der Waals surface area contributed by atoms with Gasteiger partial charge in [-0.15, -0.1) is 0 Å². The summed E-state index contributed by atoms with van der Waals surface area (Å²) in [4.78, 5) is 2.52. The van der Waals surface area contributed by atoms with Crippen LogP contribution in [0.3, 0.4) is 0 Å². The predicted molar refractivity (Wildman–Crippen MR) is 143 cm³/mol. The minimum atomic E-state index is -0.00661. The summed E-state index contributed by atoms with van der Waals surface area (Å²) in [6, 6.07) is 30.3. The van der Waals surface area contributed by atoms with Gasteiger partial charge in [0.15, 0.2) is 0 Å². The van der Waals surface area contributed by atoms with E-state index in [0.717, 1.165) is 27.6 Å². The number of nitrogens with zero attached hydrogens (tertiary/aromatic N) is 1. The Bertz CT molecular complexity index is 1480. The molecule has 1 atom stereocenters. The molecule has 0 aliphatic carbocycles. The van der Waals surface area contributed by atoms with Crippen LogP contribution in [-0.2, 0) is 0 Å². The van der Waals surface area contributed by atoms with Crippen molar-refractivity contribution in [1.82, 2.24) is 0 Å². The first-order valence-electron chi connectivity index (χ1n) is 12.2. The summed E-state index contributed by atoms with van der Waals surface area (Å²) in [7, 11) is 0. The van der Waals surface area contributed by atoms with Gasteiger partial charge in [-0.2, -0.15) is 0 Å². The minimum absolute atomic E-state index is 0.00661. The van der Waals surface area contributed by atoms with Gasteiger partial charge < -0.3 is 14.6 Å². The molecule has 0 bridgehead atoms. The molecule has 0 saturated heterocycles. The lowest BCUT2D eigenvalue weighted by Gasteiger charge is -2.33. The van der Waals surface area contributed by atoms with Gasteiger partial charge in [0.2, 0.25) is 0 Å². The number of fused-ring (bicyclic) bond motifs is 4. The van der Waals surface area contributed by atoms with Crippen molar-refractivity contribution in [2.24, 2.45) is 0 Å². The molecule has 0 amide bonds. The smallest absolute Gasteiger partial charge is 0.135 e. The maximum Gasteiger partial charge on any atom is 0.135 e. The van der Waals surface area contributed by atoms with E-state index in [9.17, 15) is 0 Å². The van der Waals surface area contributed by atoms with Crippen molar-refractivity contribution in [2.75, 3.05) is 10.2 Å². The fourth-order valence-electron chi connectivity index (χ4n) is 5.34. The number of nitrogens with one attached hydrogen (secondary N) is 1. The molecule has 2 heterocycles. The topological polar surface area (TPSA) is 28.4 Å². The van der Waals surface area contributed by atoms with Gasteiger partial charge in [-0.3, -0.25) is 0 Å². The fourth-order valence-corrected chi connectivity index (χ4v) is 5.34. The van der Waals surface area contributed by atoms with E-state index in [4.69, 9.17) is 4.42 Å². The largest absolute Gasteiger partial charge is 0.456 e. The van der Waals surface area contributed by atoms with E-state index in [1.54, 1.807) is 0 Å². The Labute approximate surface area is 201 Å². The summed E-state index contributed by atoms with van der Waals surface area (Å²) < 4.78 is 6.11. The number of para-hydroxylation sites is 4. The van der Waals surface area contributed by atoms with Crippen molar-refractivity contribution in [3.8, 4) is 0 Å². The summed E-state index contributed by atoms with van der Waals surface area (Å²) in [6.45, 7) is 9.15. The quantitative estimate of drug-likeness (QED) is 0.298. The molecule has 5 aromatic rings. The Morgan fingerprint density at radius 1 is 0.706 bits per heavy atom. The van der Waals surface area contributed by atoms with E-state index in [1.165, 1.54) is 28.1 Å². The van der Waals surface area contributed by atoms with Crippen molar-refractivity contribution >= 4 is 39.0 Å². The zero-order valence-corrected chi connectivity index (χ0v) is 20.2. The molecule has 0 spiro atoms. The third-order valence-electron chi connectivity index (χ3n) is 7.01. The molecule has 4 aromatic carbocycles. The van der Waals surface area contributed by atoms with E-state index in [2.05, 4.69) is 111 Å². The van der Waals surface area contributed by atoms with Gasteiger partial charge in [-0.05, 0) is 58.9 Å². The molecule has 3 nitrogen and oxygen atoms in total. The molecule has 0 radical (unpaired) electrons. The second-order valence-corrected chi connectivity index (χ2v) is 9.88. The molecule has 170 valence electrons. The van der Waals surface area contributed by atoms with Gasteiger partial charge in [0.1, 0.15) is 17.3 Å². The number of anilines is 3. The number of hydrogen-bond acceptors (Lipinski definition) is 3. The zero-order chi connectivity index (χ0) is 23.4. The molecule has 1 N–H and O–H groups in total. The van der Waals surface area contributed by atoms with Crippen LogP contribution in [-0.4, -0.2) is 0 Å². The van der Waals surface area contributed by atoms with Crippen LogP contribution in [0.4, 0.5) is 17.1 Å².